The molecule has 1 aliphatic rings. The Morgan fingerprint density at radius 1 is 1.48 bits per heavy atom. The predicted octanol–water partition coefficient (Wildman–Crippen LogP) is 1.83. The topological polar surface area (TPSA) is 93.5 Å². The molecular weight excluding hydrogens is 322 g/mol. The van der Waals surface area contributed by atoms with Gasteiger partial charge in [-0.3, -0.25) is 10.1 Å². The van der Waals surface area contributed by atoms with E-state index in [9.17, 15) is 14.9 Å². The average molecular weight is 342 g/mol. The van der Waals surface area contributed by atoms with Gasteiger partial charge in [0.2, 0.25) is 0 Å². The Balaban J connectivity index is 0.00000264. The SMILES string of the molecule is CCOC(=O)C=Cc1ccc(C2CNCCN2)cc1[N+](=O)[O-].Cl. The molecule has 0 aliphatic carbocycles. The highest BCUT2D eigenvalue weighted by atomic mass is 35.5. The number of carbonyl (C=O) groups excluding carboxylic acids is 1. The maximum atomic E-state index is 11.3. The predicted molar refractivity (Wildman–Crippen MR) is 89.6 cm³/mol. The van der Waals surface area contributed by atoms with E-state index in [0.29, 0.717) is 5.56 Å². The Kier molecular flexibility index (Phi) is 7.67. The van der Waals surface area contributed by atoms with Crippen LogP contribution in [0.25, 0.3) is 6.08 Å². The molecule has 0 saturated carbocycles. The normalized spacial score (nSPS) is 17.5. The lowest BCUT2D eigenvalue weighted by molar-refractivity contribution is -0.385. The van der Waals surface area contributed by atoms with Crippen molar-refractivity contribution in [1.29, 1.82) is 0 Å². The maximum Gasteiger partial charge on any atom is 0.330 e. The third kappa shape index (κ3) is 5.31. The minimum atomic E-state index is -0.515. The number of nitrogens with zero attached hydrogens (tertiary/aromatic N) is 1. The van der Waals surface area contributed by atoms with E-state index < -0.39 is 10.9 Å². The molecule has 2 N–H and O–H groups in total. The van der Waals surface area contributed by atoms with Crippen molar-refractivity contribution in [3.63, 3.8) is 0 Å². The number of piperazine rings is 1. The van der Waals surface area contributed by atoms with Crippen LogP contribution in [0.4, 0.5) is 5.69 Å². The molecule has 0 spiro atoms. The summed E-state index contributed by atoms with van der Waals surface area (Å²) in [5.74, 6) is -0.515. The van der Waals surface area contributed by atoms with E-state index in [1.165, 1.54) is 12.2 Å². The molecule has 1 unspecified atom stereocenters. The largest absolute Gasteiger partial charge is 0.463 e. The number of nitrogens with one attached hydrogen (secondary N) is 2. The molecule has 23 heavy (non-hydrogen) atoms. The number of carbonyl (C=O) groups is 1. The fourth-order valence-corrected chi connectivity index (χ4v) is 2.31. The van der Waals surface area contributed by atoms with Crippen LogP contribution in [0.1, 0.15) is 24.1 Å². The van der Waals surface area contributed by atoms with E-state index in [1.54, 1.807) is 19.1 Å². The van der Waals surface area contributed by atoms with Gasteiger partial charge >= 0.3 is 5.97 Å². The zero-order chi connectivity index (χ0) is 15.9. The zero-order valence-electron chi connectivity index (χ0n) is 12.8. The number of hydrogen-bond acceptors (Lipinski definition) is 6. The van der Waals surface area contributed by atoms with Crippen LogP contribution in [0.15, 0.2) is 24.3 Å². The fourth-order valence-electron chi connectivity index (χ4n) is 2.31. The van der Waals surface area contributed by atoms with Gasteiger partial charge in [0.15, 0.2) is 0 Å². The Morgan fingerprint density at radius 2 is 2.26 bits per heavy atom. The second-order valence-electron chi connectivity index (χ2n) is 4.87. The van der Waals surface area contributed by atoms with Crippen molar-refractivity contribution in [2.24, 2.45) is 0 Å². The minimum Gasteiger partial charge on any atom is -0.463 e. The Labute approximate surface area is 140 Å². The van der Waals surface area contributed by atoms with Gasteiger partial charge < -0.3 is 15.4 Å². The Bertz CT molecular complexity index is 586. The van der Waals surface area contributed by atoms with Gasteiger partial charge in [0.25, 0.3) is 5.69 Å². The molecule has 0 bridgehead atoms. The summed E-state index contributed by atoms with van der Waals surface area (Å²) in [6.07, 6.45) is 2.61. The second-order valence-corrected chi connectivity index (χ2v) is 4.87. The van der Waals surface area contributed by atoms with Crippen LogP contribution in [0.3, 0.4) is 0 Å². The molecule has 1 heterocycles. The van der Waals surface area contributed by atoms with Gasteiger partial charge in [0.1, 0.15) is 0 Å². The summed E-state index contributed by atoms with van der Waals surface area (Å²) in [5, 5.41) is 17.8. The average Bonchev–Trinajstić information content (AvgIpc) is 2.54. The molecule has 0 radical (unpaired) electrons. The molecule has 1 fully saturated rings. The summed E-state index contributed by atoms with van der Waals surface area (Å²) in [5.41, 5.74) is 1.21. The summed E-state index contributed by atoms with van der Waals surface area (Å²) in [7, 11) is 0. The Morgan fingerprint density at radius 3 is 2.87 bits per heavy atom. The van der Waals surface area contributed by atoms with Gasteiger partial charge in [-0.1, -0.05) is 6.07 Å². The molecule has 1 aromatic carbocycles. The quantitative estimate of drug-likeness (QED) is 0.367. The van der Waals surface area contributed by atoms with E-state index in [1.807, 2.05) is 6.07 Å². The first-order chi connectivity index (χ1) is 10.6. The van der Waals surface area contributed by atoms with Crippen molar-refractivity contribution in [3.8, 4) is 0 Å². The maximum absolute atomic E-state index is 11.3. The molecule has 8 heteroatoms. The first-order valence-corrected chi connectivity index (χ1v) is 7.19. The van der Waals surface area contributed by atoms with Crippen LogP contribution in [-0.4, -0.2) is 37.1 Å². The molecule has 126 valence electrons. The van der Waals surface area contributed by atoms with Crippen LogP contribution in [0.2, 0.25) is 0 Å². The second kappa shape index (κ2) is 9.24. The van der Waals surface area contributed by atoms with Crippen LogP contribution >= 0.6 is 12.4 Å². The minimum absolute atomic E-state index is 0. The number of nitro groups is 1. The molecule has 2 rings (SSSR count). The van der Waals surface area contributed by atoms with Gasteiger partial charge in [-0.15, -0.1) is 12.4 Å². The van der Waals surface area contributed by atoms with Crippen molar-refractivity contribution in [1.82, 2.24) is 10.6 Å². The van der Waals surface area contributed by atoms with E-state index in [2.05, 4.69) is 10.6 Å². The lowest BCUT2D eigenvalue weighted by Gasteiger charge is -2.24. The molecule has 0 amide bonds. The molecule has 1 atom stereocenters. The van der Waals surface area contributed by atoms with Gasteiger partial charge in [-0.25, -0.2) is 4.79 Å². The van der Waals surface area contributed by atoms with Crippen molar-refractivity contribution in [2.45, 2.75) is 13.0 Å². The molecular formula is C15H20ClN3O4. The zero-order valence-corrected chi connectivity index (χ0v) is 13.6. The van der Waals surface area contributed by atoms with Gasteiger partial charge in [0, 0.05) is 37.8 Å². The molecule has 0 aromatic heterocycles. The number of esters is 1. The van der Waals surface area contributed by atoms with Crippen molar-refractivity contribution >= 4 is 30.1 Å². The smallest absolute Gasteiger partial charge is 0.330 e. The molecule has 1 saturated heterocycles. The van der Waals surface area contributed by atoms with Crippen molar-refractivity contribution in [3.05, 3.63) is 45.5 Å². The fraction of sp³-hybridized carbons (Fsp3) is 0.400. The van der Waals surface area contributed by atoms with Crippen LogP contribution < -0.4 is 10.6 Å². The summed E-state index contributed by atoms with van der Waals surface area (Å²) in [4.78, 5) is 22.1. The molecule has 1 aliphatic heterocycles. The highest BCUT2D eigenvalue weighted by Crippen LogP contribution is 2.25. The lowest BCUT2D eigenvalue weighted by atomic mass is 10.0. The first kappa shape index (κ1) is 19.1. The van der Waals surface area contributed by atoms with E-state index in [0.717, 1.165) is 25.2 Å². The summed E-state index contributed by atoms with van der Waals surface area (Å²) in [6, 6.07) is 5.09. The number of halogens is 1. The number of hydrogen-bond donors (Lipinski definition) is 2. The highest BCUT2D eigenvalue weighted by molar-refractivity contribution is 5.88. The number of nitro benzene ring substituents is 1. The van der Waals surface area contributed by atoms with Crippen LogP contribution in [0.5, 0.6) is 0 Å². The van der Waals surface area contributed by atoms with E-state index in [-0.39, 0.29) is 30.7 Å². The van der Waals surface area contributed by atoms with Crippen molar-refractivity contribution < 1.29 is 14.5 Å². The lowest BCUT2D eigenvalue weighted by Crippen LogP contribution is -2.42. The van der Waals surface area contributed by atoms with Gasteiger partial charge in [0.05, 0.1) is 17.1 Å². The van der Waals surface area contributed by atoms with Gasteiger partial charge in [-0.05, 0) is 24.6 Å². The monoisotopic (exact) mass is 341 g/mol. The third-order valence-corrected chi connectivity index (χ3v) is 3.38. The number of rotatable bonds is 5. The summed E-state index contributed by atoms with van der Waals surface area (Å²) in [6.45, 7) is 4.41. The first-order valence-electron chi connectivity index (χ1n) is 7.19. The van der Waals surface area contributed by atoms with E-state index >= 15 is 0 Å². The third-order valence-electron chi connectivity index (χ3n) is 3.38. The van der Waals surface area contributed by atoms with Crippen LogP contribution in [-0.2, 0) is 9.53 Å². The summed E-state index contributed by atoms with van der Waals surface area (Å²) < 4.78 is 4.77. The number of benzene rings is 1. The molecule has 1 aromatic rings. The van der Waals surface area contributed by atoms with Crippen LogP contribution in [0, 0.1) is 10.1 Å². The van der Waals surface area contributed by atoms with E-state index in [4.69, 9.17) is 4.74 Å². The van der Waals surface area contributed by atoms with Crippen molar-refractivity contribution in [2.75, 3.05) is 26.2 Å². The summed E-state index contributed by atoms with van der Waals surface area (Å²) >= 11 is 0. The number of ether oxygens (including phenoxy) is 1. The molecule has 7 nitrogen and oxygen atoms in total. The standard InChI is InChI=1S/C15H19N3O4.ClH/c1-2-22-15(19)6-5-11-3-4-12(9-14(11)18(20)21)13-10-16-7-8-17-13;/h3-6,9,13,16-17H,2,7-8,10H2,1H3;1H. The Hall–Kier alpha value is -1.96. The highest BCUT2D eigenvalue weighted by Gasteiger charge is 2.19. The van der Waals surface area contributed by atoms with Gasteiger partial charge in [-0.2, -0.15) is 0 Å².